The van der Waals surface area contributed by atoms with Crippen LogP contribution in [0.4, 0.5) is 25.0 Å². The number of urea groups is 1. The fourth-order valence-corrected chi connectivity index (χ4v) is 5.72. The van der Waals surface area contributed by atoms with Gasteiger partial charge in [0.25, 0.3) is 5.91 Å². The highest BCUT2D eigenvalue weighted by atomic mass is 32.2. The molecule has 0 saturated carbocycles. The van der Waals surface area contributed by atoms with Crippen LogP contribution in [0.3, 0.4) is 0 Å². The lowest BCUT2D eigenvalue weighted by Gasteiger charge is -2.33. The van der Waals surface area contributed by atoms with E-state index >= 15 is 0 Å². The van der Waals surface area contributed by atoms with E-state index in [-0.39, 0.29) is 24.0 Å². The number of hydrogen-bond acceptors (Lipinski definition) is 3. The number of carbonyl (C=O) groups is 2. The summed E-state index contributed by atoms with van der Waals surface area (Å²) < 4.78 is 27.7. The van der Waals surface area contributed by atoms with Crippen LogP contribution in [0, 0.1) is 11.6 Å². The van der Waals surface area contributed by atoms with E-state index in [1.54, 1.807) is 29.2 Å². The third-order valence-electron chi connectivity index (χ3n) is 5.71. The van der Waals surface area contributed by atoms with Gasteiger partial charge in [0.15, 0.2) is 4.87 Å². The first-order valence-electron chi connectivity index (χ1n) is 10.1. The Morgan fingerprint density at radius 1 is 1.03 bits per heavy atom. The fourth-order valence-electron chi connectivity index (χ4n) is 4.26. The van der Waals surface area contributed by atoms with Gasteiger partial charge in [-0.15, -0.1) is 11.8 Å². The van der Waals surface area contributed by atoms with Crippen LogP contribution in [0.2, 0.25) is 0 Å². The highest BCUT2D eigenvalue weighted by Crippen LogP contribution is 2.54. The van der Waals surface area contributed by atoms with Gasteiger partial charge < -0.3 is 10.2 Å². The maximum atomic E-state index is 14.4. The lowest BCUT2D eigenvalue weighted by molar-refractivity contribution is -0.123. The lowest BCUT2D eigenvalue weighted by Crippen LogP contribution is -2.51. The number of nitrogens with zero attached hydrogens (tertiary/aromatic N) is 2. The Hall–Kier alpha value is -3.39. The molecule has 3 amide bonds. The molecular formula is C24H19F2N3O2S. The van der Waals surface area contributed by atoms with Crippen LogP contribution in [0.25, 0.3) is 0 Å². The van der Waals surface area contributed by atoms with Crippen molar-refractivity contribution in [1.29, 1.82) is 0 Å². The first-order valence-corrected chi connectivity index (χ1v) is 11.1. The Morgan fingerprint density at radius 3 is 2.56 bits per heavy atom. The maximum absolute atomic E-state index is 14.4. The van der Waals surface area contributed by atoms with Crippen molar-refractivity contribution < 1.29 is 18.4 Å². The van der Waals surface area contributed by atoms with Crippen LogP contribution < -0.4 is 10.2 Å². The summed E-state index contributed by atoms with van der Waals surface area (Å²) in [6.07, 6.45) is 0. The molecule has 0 bridgehead atoms. The quantitative estimate of drug-likeness (QED) is 0.613. The fraction of sp³-hybridized carbons (Fsp3) is 0.167. The predicted octanol–water partition coefficient (Wildman–Crippen LogP) is 4.95. The standard InChI is InChI=1S/C24H19F2N3O2S/c25-17-11-10-16(20(26)14-17)15-28-21-9-5-4-8-19(21)24(22(28)30)29(12-13-32-24)23(31)27-18-6-2-1-3-7-18/h1-11,14H,12-13,15H2,(H,27,31)/t24-/m0/s1. The summed E-state index contributed by atoms with van der Waals surface area (Å²) in [5.41, 5.74) is 2.15. The molecule has 32 heavy (non-hydrogen) atoms. The minimum absolute atomic E-state index is 0.0571. The Morgan fingerprint density at radius 2 is 1.78 bits per heavy atom. The molecule has 0 radical (unpaired) electrons. The second-order valence-electron chi connectivity index (χ2n) is 7.58. The summed E-state index contributed by atoms with van der Waals surface area (Å²) in [7, 11) is 0. The van der Waals surface area contributed by atoms with Gasteiger partial charge in [0.2, 0.25) is 0 Å². The topological polar surface area (TPSA) is 52.7 Å². The summed E-state index contributed by atoms with van der Waals surface area (Å²) in [5.74, 6) is -1.12. The third kappa shape index (κ3) is 3.22. The summed E-state index contributed by atoms with van der Waals surface area (Å²) in [5, 5.41) is 2.87. The number of carbonyl (C=O) groups excluding carboxylic acids is 2. The van der Waals surface area contributed by atoms with Crippen molar-refractivity contribution in [3.8, 4) is 0 Å². The molecular weight excluding hydrogens is 432 g/mol. The summed E-state index contributed by atoms with van der Waals surface area (Å²) in [4.78, 5) is 28.8. The molecule has 162 valence electrons. The molecule has 3 aromatic carbocycles. The van der Waals surface area contributed by atoms with Gasteiger partial charge in [-0.2, -0.15) is 0 Å². The molecule has 1 atom stereocenters. The second kappa shape index (κ2) is 7.94. The zero-order valence-electron chi connectivity index (χ0n) is 16.9. The first-order chi connectivity index (χ1) is 15.5. The van der Waals surface area contributed by atoms with Crippen molar-refractivity contribution in [3.63, 3.8) is 0 Å². The molecule has 1 saturated heterocycles. The van der Waals surface area contributed by atoms with E-state index in [1.807, 2.05) is 30.3 Å². The number of hydrogen-bond donors (Lipinski definition) is 1. The van der Waals surface area contributed by atoms with Crippen molar-refractivity contribution in [2.75, 3.05) is 22.5 Å². The van der Waals surface area contributed by atoms with Crippen LogP contribution in [-0.2, 0) is 16.2 Å². The first kappa shape index (κ1) is 20.5. The molecule has 1 spiro atoms. The van der Waals surface area contributed by atoms with E-state index in [4.69, 9.17) is 0 Å². The number of nitrogens with one attached hydrogen (secondary N) is 1. The zero-order valence-corrected chi connectivity index (χ0v) is 17.7. The Kier molecular flexibility index (Phi) is 5.09. The molecule has 0 aromatic heterocycles. The number of anilines is 2. The SMILES string of the molecule is O=C(Nc1ccccc1)N1CCS[C@@]12C(=O)N(Cc1ccc(F)cc1F)c1ccccc12. The highest BCUT2D eigenvalue weighted by Gasteiger charge is 2.59. The molecule has 2 aliphatic rings. The van der Waals surface area contributed by atoms with E-state index in [2.05, 4.69) is 5.32 Å². The molecule has 3 aromatic rings. The Labute approximate surface area is 188 Å². The van der Waals surface area contributed by atoms with Gasteiger partial charge in [-0.3, -0.25) is 9.69 Å². The molecule has 0 unspecified atom stereocenters. The summed E-state index contributed by atoms with van der Waals surface area (Å²) >= 11 is 1.39. The average molecular weight is 451 g/mol. The lowest BCUT2D eigenvalue weighted by atomic mass is 10.1. The van der Waals surface area contributed by atoms with Crippen LogP contribution in [0.1, 0.15) is 11.1 Å². The van der Waals surface area contributed by atoms with Crippen molar-refractivity contribution in [2.45, 2.75) is 11.4 Å². The zero-order chi connectivity index (χ0) is 22.3. The van der Waals surface area contributed by atoms with Crippen LogP contribution in [-0.4, -0.2) is 29.1 Å². The second-order valence-corrected chi connectivity index (χ2v) is 8.87. The summed E-state index contributed by atoms with van der Waals surface area (Å²) in [6, 6.07) is 19.2. The molecule has 1 fully saturated rings. The van der Waals surface area contributed by atoms with Crippen molar-refractivity contribution >= 4 is 35.1 Å². The van der Waals surface area contributed by atoms with E-state index < -0.39 is 16.5 Å². The van der Waals surface area contributed by atoms with Gasteiger partial charge >= 0.3 is 6.03 Å². The normalized spacial score (nSPS) is 19.5. The van der Waals surface area contributed by atoms with Gasteiger partial charge in [-0.05, 0) is 24.3 Å². The molecule has 1 N–H and O–H groups in total. The molecule has 5 rings (SSSR count). The smallest absolute Gasteiger partial charge is 0.308 e. The van der Waals surface area contributed by atoms with Crippen molar-refractivity contribution in [3.05, 3.63) is 95.6 Å². The molecule has 8 heteroatoms. The Balaban J connectivity index is 1.52. The van der Waals surface area contributed by atoms with E-state index in [0.29, 0.717) is 29.2 Å². The van der Waals surface area contributed by atoms with Crippen molar-refractivity contribution in [2.24, 2.45) is 0 Å². The number of benzene rings is 3. The van der Waals surface area contributed by atoms with Gasteiger partial charge in [0.1, 0.15) is 11.6 Å². The molecule has 2 aliphatic heterocycles. The van der Waals surface area contributed by atoms with Crippen LogP contribution in [0.15, 0.2) is 72.8 Å². The highest BCUT2D eigenvalue weighted by molar-refractivity contribution is 8.01. The van der Waals surface area contributed by atoms with Gasteiger partial charge in [0, 0.05) is 35.2 Å². The minimum Gasteiger partial charge on any atom is -0.308 e. The van der Waals surface area contributed by atoms with Gasteiger partial charge in [-0.25, -0.2) is 13.6 Å². The largest absolute Gasteiger partial charge is 0.323 e. The number of fused-ring (bicyclic) bond motifs is 2. The predicted molar refractivity (Wildman–Crippen MR) is 120 cm³/mol. The van der Waals surface area contributed by atoms with E-state index in [0.717, 1.165) is 6.07 Å². The Bertz CT molecular complexity index is 1210. The third-order valence-corrected chi connectivity index (χ3v) is 7.13. The number of halogens is 2. The summed E-state index contributed by atoms with van der Waals surface area (Å²) in [6.45, 7) is 0.334. The van der Waals surface area contributed by atoms with E-state index in [9.17, 15) is 18.4 Å². The van der Waals surface area contributed by atoms with E-state index in [1.165, 1.54) is 28.8 Å². The number of amides is 3. The maximum Gasteiger partial charge on any atom is 0.323 e. The molecule has 0 aliphatic carbocycles. The number of thioether (sulfide) groups is 1. The van der Waals surface area contributed by atoms with Crippen LogP contribution in [0.5, 0.6) is 0 Å². The monoisotopic (exact) mass is 451 g/mol. The van der Waals surface area contributed by atoms with Gasteiger partial charge in [0.05, 0.1) is 12.2 Å². The molecule has 2 heterocycles. The average Bonchev–Trinajstić information content (AvgIpc) is 3.33. The van der Waals surface area contributed by atoms with Crippen LogP contribution >= 0.6 is 11.8 Å². The van der Waals surface area contributed by atoms with Gasteiger partial charge in [-0.1, -0.05) is 42.5 Å². The number of rotatable bonds is 3. The van der Waals surface area contributed by atoms with Crippen molar-refractivity contribution in [1.82, 2.24) is 4.90 Å². The molecule has 5 nitrogen and oxygen atoms in total. The minimum atomic E-state index is -1.23. The number of para-hydroxylation sites is 2.